The van der Waals surface area contributed by atoms with E-state index in [1.807, 2.05) is 6.92 Å². The minimum Gasteiger partial charge on any atom is -0.318 e. The maximum Gasteiger partial charge on any atom is 0.262 e. The zero-order chi connectivity index (χ0) is 18.5. The molecule has 2 aromatic heterocycles. The highest BCUT2D eigenvalue weighted by molar-refractivity contribution is 5.92. The maximum atomic E-state index is 12.0. The topological polar surface area (TPSA) is 71.8 Å². The molecule has 0 aliphatic rings. The highest BCUT2D eigenvalue weighted by atomic mass is 16.2. The number of hydrazine groups is 1. The second-order valence-electron chi connectivity index (χ2n) is 6.02. The first-order valence-electron chi connectivity index (χ1n) is 8.31. The summed E-state index contributed by atoms with van der Waals surface area (Å²) in [7, 11) is 0. The number of aryl methyl sites for hydroxylation is 2. The molecule has 3 rings (SSSR count). The molecule has 0 aliphatic carbocycles. The summed E-state index contributed by atoms with van der Waals surface area (Å²) >= 11 is 0. The van der Waals surface area contributed by atoms with Crippen LogP contribution in [0.3, 0.4) is 0 Å². The number of rotatable bonds is 5. The van der Waals surface area contributed by atoms with Crippen LogP contribution < -0.4 is 10.9 Å². The summed E-state index contributed by atoms with van der Waals surface area (Å²) in [6.07, 6.45) is 6.47. The molecule has 0 bridgehead atoms. The molecule has 2 heterocycles. The van der Waals surface area contributed by atoms with E-state index < -0.39 is 0 Å². The summed E-state index contributed by atoms with van der Waals surface area (Å²) in [6, 6.07) is 12.1. The second-order valence-corrected chi connectivity index (χ2v) is 6.02. The standard InChI is InChI=1S/C20H21N5O/c1-14-5-8-18(9-6-14)25-15(2)13-17(16(25)3)7-10-19(26)23-24-20-21-11-4-12-22-20/h4-13H,1-3H3,(H,23,26)(H,21,22,24)/b10-7-. The van der Waals surface area contributed by atoms with Gasteiger partial charge in [-0.15, -0.1) is 0 Å². The Kier molecular flexibility index (Phi) is 5.12. The molecule has 3 aromatic rings. The van der Waals surface area contributed by atoms with Gasteiger partial charge in [-0.1, -0.05) is 17.7 Å². The number of nitrogens with zero attached hydrogens (tertiary/aromatic N) is 3. The Bertz CT molecular complexity index is 927. The summed E-state index contributed by atoms with van der Waals surface area (Å²) in [5.74, 6) is 0.0596. The fourth-order valence-corrected chi connectivity index (χ4v) is 2.74. The molecule has 1 aromatic carbocycles. The number of hydrogen-bond donors (Lipinski definition) is 2. The zero-order valence-electron chi connectivity index (χ0n) is 15.0. The number of hydrogen-bond acceptors (Lipinski definition) is 4. The van der Waals surface area contributed by atoms with E-state index in [4.69, 9.17) is 0 Å². The van der Waals surface area contributed by atoms with Gasteiger partial charge in [0.2, 0.25) is 5.95 Å². The van der Waals surface area contributed by atoms with E-state index >= 15 is 0 Å². The van der Waals surface area contributed by atoms with Crippen molar-refractivity contribution in [3.05, 3.63) is 77.4 Å². The van der Waals surface area contributed by atoms with Gasteiger partial charge in [-0.05, 0) is 56.7 Å². The van der Waals surface area contributed by atoms with Gasteiger partial charge in [0.1, 0.15) is 0 Å². The SMILES string of the molecule is Cc1ccc(-n2c(C)cc(/C=C\C(=O)NNc3ncccn3)c2C)cc1. The lowest BCUT2D eigenvalue weighted by Gasteiger charge is -2.09. The normalized spacial score (nSPS) is 10.9. The number of anilines is 1. The van der Waals surface area contributed by atoms with Crippen molar-refractivity contribution >= 4 is 17.9 Å². The number of aromatic nitrogens is 3. The van der Waals surface area contributed by atoms with Crippen LogP contribution in [-0.2, 0) is 4.79 Å². The Morgan fingerprint density at radius 3 is 2.46 bits per heavy atom. The van der Waals surface area contributed by atoms with Gasteiger partial charge in [0.15, 0.2) is 0 Å². The van der Waals surface area contributed by atoms with Crippen molar-refractivity contribution in [1.29, 1.82) is 0 Å². The molecule has 0 spiro atoms. The molecule has 26 heavy (non-hydrogen) atoms. The van der Waals surface area contributed by atoms with Crippen molar-refractivity contribution in [1.82, 2.24) is 20.0 Å². The molecule has 0 saturated carbocycles. The molecule has 6 nitrogen and oxygen atoms in total. The predicted molar refractivity (Wildman–Crippen MR) is 103 cm³/mol. The van der Waals surface area contributed by atoms with Crippen LogP contribution in [0.25, 0.3) is 11.8 Å². The Hall–Kier alpha value is -3.41. The molecule has 1 amide bonds. The molecule has 132 valence electrons. The molecule has 0 radical (unpaired) electrons. The molecule has 0 unspecified atom stereocenters. The smallest absolute Gasteiger partial charge is 0.262 e. The van der Waals surface area contributed by atoms with Crippen molar-refractivity contribution in [2.45, 2.75) is 20.8 Å². The Morgan fingerprint density at radius 2 is 1.77 bits per heavy atom. The molecule has 2 N–H and O–H groups in total. The first-order chi connectivity index (χ1) is 12.5. The summed E-state index contributed by atoms with van der Waals surface area (Å²) in [4.78, 5) is 19.9. The monoisotopic (exact) mass is 347 g/mol. The van der Waals surface area contributed by atoms with Crippen LogP contribution in [0.5, 0.6) is 0 Å². The molecule has 0 atom stereocenters. The third kappa shape index (κ3) is 3.97. The van der Waals surface area contributed by atoms with Crippen molar-refractivity contribution in [2.24, 2.45) is 0 Å². The average molecular weight is 347 g/mol. The van der Waals surface area contributed by atoms with Crippen LogP contribution in [0.15, 0.2) is 54.9 Å². The quantitative estimate of drug-likeness (QED) is 0.548. The highest BCUT2D eigenvalue weighted by Crippen LogP contribution is 2.22. The Morgan fingerprint density at radius 1 is 1.08 bits per heavy atom. The van der Waals surface area contributed by atoms with Crippen molar-refractivity contribution in [3.8, 4) is 5.69 Å². The second kappa shape index (κ2) is 7.65. The molecule has 0 saturated heterocycles. The van der Waals surface area contributed by atoms with Crippen LogP contribution in [0.4, 0.5) is 5.95 Å². The minimum absolute atomic E-state index is 0.280. The van der Waals surface area contributed by atoms with E-state index in [0.717, 1.165) is 22.6 Å². The molecular weight excluding hydrogens is 326 g/mol. The van der Waals surface area contributed by atoms with E-state index in [-0.39, 0.29) is 5.91 Å². The first kappa shape index (κ1) is 17.4. The lowest BCUT2D eigenvalue weighted by atomic mass is 10.2. The lowest BCUT2D eigenvalue weighted by Crippen LogP contribution is -2.28. The summed E-state index contributed by atoms with van der Waals surface area (Å²) in [5.41, 5.74) is 10.7. The Labute approximate surface area is 152 Å². The summed E-state index contributed by atoms with van der Waals surface area (Å²) < 4.78 is 2.17. The van der Waals surface area contributed by atoms with Crippen LogP contribution >= 0.6 is 0 Å². The van der Waals surface area contributed by atoms with Crippen LogP contribution in [-0.4, -0.2) is 20.4 Å². The van der Waals surface area contributed by atoms with Gasteiger partial charge in [-0.3, -0.25) is 15.6 Å². The first-order valence-corrected chi connectivity index (χ1v) is 8.31. The van der Waals surface area contributed by atoms with E-state index in [1.165, 1.54) is 11.6 Å². The number of benzene rings is 1. The van der Waals surface area contributed by atoms with Gasteiger partial charge in [0.25, 0.3) is 5.91 Å². The third-order valence-corrected chi connectivity index (χ3v) is 4.04. The van der Waals surface area contributed by atoms with Gasteiger partial charge in [-0.25, -0.2) is 9.97 Å². The Balaban J connectivity index is 1.71. The van der Waals surface area contributed by atoms with Gasteiger partial charge < -0.3 is 4.57 Å². The minimum atomic E-state index is -0.280. The summed E-state index contributed by atoms with van der Waals surface area (Å²) in [5, 5.41) is 0. The average Bonchev–Trinajstić information content (AvgIpc) is 2.93. The van der Waals surface area contributed by atoms with Crippen LogP contribution in [0.1, 0.15) is 22.5 Å². The van der Waals surface area contributed by atoms with Crippen molar-refractivity contribution in [3.63, 3.8) is 0 Å². The van der Waals surface area contributed by atoms with Gasteiger partial charge in [0, 0.05) is 35.5 Å². The zero-order valence-corrected chi connectivity index (χ0v) is 15.0. The fraction of sp³-hybridized carbons (Fsp3) is 0.150. The fourth-order valence-electron chi connectivity index (χ4n) is 2.74. The highest BCUT2D eigenvalue weighted by Gasteiger charge is 2.09. The molecule has 6 heteroatoms. The van der Waals surface area contributed by atoms with Crippen LogP contribution in [0, 0.1) is 20.8 Å². The van der Waals surface area contributed by atoms with E-state index in [0.29, 0.717) is 5.95 Å². The number of carbonyl (C=O) groups excluding carboxylic acids is 1. The van der Waals surface area contributed by atoms with E-state index in [9.17, 15) is 4.79 Å². The maximum absolute atomic E-state index is 12.0. The number of amides is 1. The molecule has 0 aliphatic heterocycles. The third-order valence-electron chi connectivity index (χ3n) is 4.04. The van der Waals surface area contributed by atoms with Crippen LogP contribution in [0.2, 0.25) is 0 Å². The van der Waals surface area contributed by atoms with Gasteiger partial charge in [-0.2, -0.15) is 0 Å². The lowest BCUT2D eigenvalue weighted by molar-refractivity contribution is -0.116. The van der Waals surface area contributed by atoms with Crippen molar-refractivity contribution < 1.29 is 4.79 Å². The van der Waals surface area contributed by atoms with E-state index in [1.54, 1.807) is 24.5 Å². The van der Waals surface area contributed by atoms with Gasteiger partial charge in [0.05, 0.1) is 0 Å². The predicted octanol–water partition coefficient (Wildman–Crippen LogP) is 3.35. The van der Waals surface area contributed by atoms with Crippen molar-refractivity contribution in [2.75, 3.05) is 5.43 Å². The molecular formula is C20H21N5O. The number of nitrogens with one attached hydrogen (secondary N) is 2. The molecule has 0 fully saturated rings. The van der Waals surface area contributed by atoms with Gasteiger partial charge >= 0.3 is 0 Å². The number of carbonyl (C=O) groups is 1. The largest absolute Gasteiger partial charge is 0.318 e. The summed E-state index contributed by atoms with van der Waals surface area (Å²) in [6.45, 7) is 6.17. The van der Waals surface area contributed by atoms with E-state index in [2.05, 4.69) is 69.6 Å².